The first-order valence-electron chi connectivity index (χ1n) is 7.07. The number of aryl methyl sites for hydroxylation is 1. The molecule has 0 aliphatic rings. The predicted molar refractivity (Wildman–Crippen MR) is 92.8 cm³/mol. The number of hydrogen-bond donors (Lipinski definition) is 1. The molecule has 3 aromatic rings. The molecule has 0 unspecified atom stereocenters. The molecule has 0 fully saturated rings. The fourth-order valence-electron chi connectivity index (χ4n) is 2.16. The van der Waals surface area contributed by atoms with E-state index in [1.165, 1.54) is 12.4 Å². The van der Waals surface area contributed by atoms with Gasteiger partial charge in [-0.05, 0) is 13.0 Å². The zero-order valence-corrected chi connectivity index (χ0v) is 14.8. The molecule has 0 spiro atoms. The maximum Gasteiger partial charge on any atom is 0.270 e. The van der Waals surface area contributed by atoms with Gasteiger partial charge in [0, 0.05) is 30.6 Å². The summed E-state index contributed by atoms with van der Waals surface area (Å²) < 4.78 is 29.0. The molecule has 1 aromatic carbocycles. The summed E-state index contributed by atoms with van der Waals surface area (Å²) in [7, 11) is -4.20. The van der Waals surface area contributed by atoms with Gasteiger partial charge in [-0.3, -0.25) is 19.4 Å². The Bertz CT molecular complexity index is 1100. The van der Waals surface area contributed by atoms with Gasteiger partial charge in [-0.2, -0.15) is 0 Å². The molecule has 2 aromatic heterocycles. The number of nitro groups is 1. The average molecular weight is 395 g/mol. The van der Waals surface area contributed by atoms with Crippen LogP contribution in [0.2, 0.25) is 5.02 Å². The van der Waals surface area contributed by atoms with Crippen LogP contribution in [-0.4, -0.2) is 32.9 Å². The molecule has 0 saturated heterocycles. The number of anilines is 1. The third-order valence-corrected chi connectivity index (χ3v) is 5.22. The van der Waals surface area contributed by atoms with Gasteiger partial charge in [-0.15, -0.1) is 0 Å². The van der Waals surface area contributed by atoms with Crippen molar-refractivity contribution < 1.29 is 13.3 Å². The van der Waals surface area contributed by atoms with E-state index in [2.05, 4.69) is 19.7 Å². The number of rotatable bonds is 5. The van der Waals surface area contributed by atoms with Crippen molar-refractivity contribution in [1.82, 2.24) is 19.5 Å². The van der Waals surface area contributed by atoms with E-state index in [4.69, 9.17) is 11.6 Å². The second-order valence-corrected chi connectivity index (χ2v) is 7.14. The molecule has 0 amide bonds. The minimum atomic E-state index is -4.20. The van der Waals surface area contributed by atoms with Crippen LogP contribution >= 0.6 is 11.6 Å². The maximum atomic E-state index is 12.6. The lowest BCUT2D eigenvalue weighted by molar-refractivity contribution is -0.385. The van der Waals surface area contributed by atoms with Gasteiger partial charge < -0.3 is 0 Å². The van der Waals surface area contributed by atoms with E-state index in [1.54, 1.807) is 23.9 Å². The van der Waals surface area contributed by atoms with Gasteiger partial charge in [0.15, 0.2) is 0 Å². The molecule has 3 rings (SSSR count). The fraction of sp³-hybridized carbons (Fsp3) is 0.0714. The van der Waals surface area contributed by atoms with Crippen LogP contribution in [-0.2, 0) is 10.0 Å². The molecule has 12 heteroatoms. The number of halogens is 1. The van der Waals surface area contributed by atoms with E-state index in [9.17, 15) is 18.5 Å². The quantitative estimate of drug-likeness (QED) is 0.518. The Balaban J connectivity index is 1.97. The van der Waals surface area contributed by atoms with Crippen LogP contribution in [0.3, 0.4) is 0 Å². The van der Waals surface area contributed by atoms with Crippen LogP contribution in [0, 0.1) is 17.0 Å². The maximum absolute atomic E-state index is 12.6. The molecule has 26 heavy (non-hydrogen) atoms. The first-order chi connectivity index (χ1) is 12.3. The van der Waals surface area contributed by atoms with Crippen LogP contribution < -0.4 is 4.72 Å². The van der Waals surface area contributed by atoms with Crippen molar-refractivity contribution >= 4 is 33.1 Å². The van der Waals surface area contributed by atoms with Crippen molar-refractivity contribution in [2.24, 2.45) is 0 Å². The van der Waals surface area contributed by atoms with Gasteiger partial charge in [0.2, 0.25) is 0 Å². The first-order valence-corrected chi connectivity index (χ1v) is 8.93. The molecular weight excluding hydrogens is 384 g/mol. The van der Waals surface area contributed by atoms with Crippen LogP contribution in [0.1, 0.15) is 5.82 Å². The van der Waals surface area contributed by atoms with Crippen LogP contribution in [0.4, 0.5) is 11.5 Å². The number of nitrogens with one attached hydrogen (secondary N) is 1. The van der Waals surface area contributed by atoms with E-state index >= 15 is 0 Å². The number of hydrogen-bond acceptors (Lipinski definition) is 7. The summed E-state index contributed by atoms with van der Waals surface area (Å²) in [4.78, 5) is 21.7. The predicted octanol–water partition coefficient (Wildman–Crippen LogP) is 2.33. The van der Waals surface area contributed by atoms with E-state index < -0.39 is 25.5 Å². The SMILES string of the molecule is Cc1nccn1-c1cc(NS(=O)(=O)c2cc([N+](=O)[O-])ccc2Cl)ncn1. The van der Waals surface area contributed by atoms with Gasteiger partial charge in [0.1, 0.15) is 28.7 Å². The summed E-state index contributed by atoms with van der Waals surface area (Å²) in [6.45, 7) is 1.76. The lowest BCUT2D eigenvalue weighted by Gasteiger charge is -2.10. The Morgan fingerprint density at radius 1 is 1.23 bits per heavy atom. The summed E-state index contributed by atoms with van der Waals surface area (Å²) in [5.74, 6) is 1.03. The van der Waals surface area contributed by atoms with Gasteiger partial charge in [0.05, 0.1) is 9.95 Å². The highest BCUT2D eigenvalue weighted by atomic mass is 35.5. The molecule has 2 heterocycles. The zero-order valence-electron chi connectivity index (χ0n) is 13.2. The first kappa shape index (κ1) is 17.8. The zero-order chi connectivity index (χ0) is 18.9. The summed E-state index contributed by atoms with van der Waals surface area (Å²) in [5, 5.41) is 10.7. The molecule has 0 aliphatic heterocycles. The molecule has 10 nitrogen and oxygen atoms in total. The number of sulfonamides is 1. The summed E-state index contributed by atoms with van der Waals surface area (Å²) in [6, 6.07) is 4.55. The van der Waals surface area contributed by atoms with Crippen molar-refractivity contribution in [3.63, 3.8) is 0 Å². The molecule has 1 N–H and O–H groups in total. The van der Waals surface area contributed by atoms with E-state index in [1.807, 2.05) is 0 Å². The second-order valence-electron chi connectivity index (χ2n) is 5.08. The van der Waals surface area contributed by atoms with Crippen LogP contribution in [0.25, 0.3) is 5.82 Å². The molecule has 0 saturated carbocycles. The third-order valence-electron chi connectivity index (χ3n) is 3.38. The number of benzene rings is 1. The van der Waals surface area contributed by atoms with E-state index in [0.29, 0.717) is 11.6 Å². The standard InChI is InChI=1S/C14H11ClN6O4S/c1-9-16-4-5-20(9)14-7-13(17-8-18-14)19-26(24,25)12-6-10(21(22)23)2-3-11(12)15/h2-8H,1H3,(H,17,18,19). The van der Waals surface area contributed by atoms with Crippen molar-refractivity contribution in [2.45, 2.75) is 11.8 Å². The van der Waals surface area contributed by atoms with Gasteiger partial charge in [0.25, 0.3) is 15.7 Å². The Hall–Kier alpha value is -3.05. The van der Waals surface area contributed by atoms with E-state index in [-0.39, 0.29) is 10.8 Å². The van der Waals surface area contributed by atoms with Crippen molar-refractivity contribution in [2.75, 3.05) is 4.72 Å². The second kappa shape index (κ2) is 6.69. The number of aromatic nitrogens is 4. The van der Waals surface area contributed by atoms with Gasteiger partial charge in [-0.25, -0.2) is 23.4 Å². The van der Waals surface area contributed by atoms with Crippen molar-refractivity contribution in [1.29, 1.82) is 0 Å². The number of imidazole rings is 1. The minimum absolute atomic E-state index is 0.0225. The van der Waals surface area contributed by atoms with Crippen LogP contribution in [0.5, 0.6) is 0 Å². The molecule has 0 radical (unpaired) electrons. The highest BCUT2D eigenvalue weighted by Gasteiger charge is 2.22. The third kappa shape index (κ3) is 3.48. The summed E-state index contributed by atoms with van der Waals surface area (Å²) >= 11 is 5.90. The Morgan fingerprint density at radius 3 is 2.65 bits per heavy atom. The summed E-state index contributed by atoms with van der Waals surface area (Å²) in [6.07, 6.45) is 4.42. The monoisotopic (exact) mass is 394 g/mol. The fourth-order valence-corrected chi connectivity index (χ4v) is 3.68. The molecule has 0 aliphatic carbocycles. The number of nitrogens with zero attached hydrogens (tertiary/aromatic N) is 5. The lowest BCUT2D eigenvalue weighted by atomic mass is 10.3. The van der Waals surface area contributed by atoms with Crippen LogP contribution in [0.15, 0.2) is 47.9 Å². The van der Waals surface area contributed by atoms with Crippen molar-refractivity contribution in [3.8, 4) is 5.82 Å². The number of non-ortho nitro benzene ring substituents is 1. The highest BCUT2D eigenvalue weighted by molar-refractivity contribution is 7.92. The Morgan fingerprint density at radius 2 is 2.00 bits per heavy atom. The minimum Gasteiger partial charge on any atom is -0.288 e. The molecule has 0 atom stereocenters. The normalized spacial score (nSPS) is 11.3. The Kier molecular flexibility index (Phi) is 4.57. The van der Waals surface area contributed by atoms with E-state index in [0.717, 1.165) is 18.2 Å². The largest absolute Gasteiger partial charge is 0.288 e. The smallest absolute Gasteiger partial charge is 0.270 e. The molecule has 134 valence electrons. The number of nitro benzene ring substituents is 1. The van der Waals surface area contributed by atoms with Crippen molar-refractivity contribution in [3.05, 3.63) is 63.9 Å². The Labute approximate surface area is 152 Å². The lowest BCUT2D eigenvalue weighted by Crippen LogP contribution is -2.15. The van der Waals surface area contributed by atoms with Gasteiger partial charge in [-0.1, -0.05) is 11.6 Å². The molecule has 0 bridgehead atoms. The topological polar surface area (TPSA) is 133 Å². The summed E-state index contributed by atoms with van der Waals surface area (Å²) in [5.41, 5.74) is -0.396. The van der Waals surface area contributed by atoms with Gasteiger partial charge >= 0.3 is 0 Å². The molecular formula is C14H11ClN6O4S. The average Bonchev–Trinajstić information content (AvgIpc) is 3.00. The highest BCUT2D eigenvalue weighted by Crippen LogP contribution is 2.27.